The molecule has 0 aromatic heterocycles. The molecule has 18 heavy (non-hydrogen) atoms. The molecule has 1 aromatic carbocycles. The standard InChI is InChI=1S/C16H24FN/c1-11(2)15(10-18)16(17)14-9-4-3-8-13(14)12-6-5-7-12/h3-4,8-9,11-12,15-16H,5-7,10,18H2,1-2H3. The summed E-state index contributed by atoms with van der Waals surface area (Å²) in [5, 5.41) is 0. The van der Waals surface area contributed by atoms with Crippen molar-refractivity contribution in [3.8, 4) is 0 Å². The van der Waals surface area contributed by atoms with Gasteiger partial charge in [-0.05, 0) is 42.3 Å². The van der Waals surface area contributed by atoms with Gasteiger partial charge in [0.25, 0.3) is 0 Å². The van der Waals surface area contributed by atoms with Gasteiger partial charge in [0.1, 0.15) is 6.17 Å². The Morgan fingerprint density at radius 3 is 2.44 bits per heavy atom. The van der Waals surface area contributed by atoms with Gasteiger partial charge < -0.3 is 5.73 Å². The van der Waals surface area contributed by atoms with Crippen molar-refractivity contribution in [2.24, 2.45) is 17.6 Å². The van der Waals surface area contributed by atoms with Crippen LogP contribution in [-0.2, 0) is 0 Å². The van der Waals surface area contributed by atoms with Crippen molar-refractivity contribution in [3.63, 3.8) is 0 Å². The molecule has 0 bridgehead atoms. The molecule has 2 N–H and O–H groups in total. The highest BCUT2D eigenvalue weighted by molar-refractivity contribution is 5.34. The molecule has 2 heteroatoms. The van der Waals surface area contributed by atoms with Gasteiger partial charge in [-0.2, -0.15) is 0 Å². The highest BCUT2D eigenvalue weighted by atomic mass is 19.1. The van der Waals surface area contributed by atoms with E-state index in [9.17, 15) is 4.39 Å². The lowest BCUT2D eigenvalue weighted by Crippen LogP contribution is -2.26. The Kier molecular flexibility index (Phi) is 4.39. The zero-order valence-corrected chi connectivity index (χ0v) is 11.4. The summed E-state index contributed by atoms with van der Waals surface area (Å²) in [6, 6.07) is 8.01. The zero-order valence-electron chi connectivity index (χ0n) is 11.4. The molecule has 2 unspecified atom stereocenters. The third kappa shape index (κ3) is 2.59. The number of rotatable bonds is 5. The summed E-state index contributed by atoms with van der Waals surface area (Å²) in [6.07, 6.45) is 2.77. The smallest absolute Gasteiger partial charge is 0.130 e. The Balaban J connectivity index is 2.25. The lowest BCUT2D eigenvalue weighted by atomic mass is 9.75. The molecule has 1 aliphatic carbocycles. The van der Waals surface area contributed by atoms with Gasteiger partial charge in [-0.3, -0.25) is 0 Å². The van der Waals surface area contributed by atoms with Crippen LogP contribution in [0.15, 0.2) is 24.3 Å². The average molecular weight is 249 g/mol. The Morgan fingerprint density at radius 2 is 1.94 bits per heavy atom. The van der Waals surface area contributed by atoms with Crippen molar-refractivity contribution in [1.29, 1.82) is 0 Å². The molecule has 0 heterocycles. The first-order chi connectivity index (χ1) is 8.65. The Labute approximate surface area is 110 Å². The molecule has 1 nitrogen and oxygen atoms in total. The van der Waals surface area contributed by atoms with Crippen molar-refractivity contribution in [2.75, 3.05) is 6.54 Å². The summed E-state index contributed by atoms with van der Waals surface area (Å²) < 4.78 is 14.8. The maximum absolute atomic E-state index is 14.8. The van der Waals surface area contributed by atoms with E-state index >= 15 is 0 Å². The van der Waals surface area contributed by atoms with Crippen LogP contribution in [0, 0.1) is 11.8 Å². The second kappa shape index (κ2) is 5.83. The van der Waals surface area contributed by atoms with Crippen molar-refractivity contribution in [1.82, 2.24) is 0 Å². The van der Waals surface area contributed by atoms with E-state index in [0.717, 1.165) is 5.56 Å². The van der Waals surface area contributed by atoms with Gasteiger partial charge in [0.15, 0.2) is 0 Å². The van der Waals surface area contributed by atoms with Crippen LogP contribution in [-0.4, -0.2) is 6.54 Å². The van der Waals surface area contributed by atoms with Gasteiger partial charge in [-0.25, -0.2) is 4.39 Å². The zero-order chi connectivity index (χ0) is 13.1. The fourth-order valence-electron chi connectivity index (χ4n) is 2.81. The van der Waals surface area contributed by atoms with E-state index in [1.165, 1.54) is 24.8 Å². The Hall–Kier alpha value is -0.890. The molecule has 1 aromatic rings. The number of nitrogens with two attached hydrogens (primary N) is 1. The van der Waals surface area contributed by atoms with Crippen LogP contribution < -0.4 is 5.73 Å². The molecule has 1 fully saturated rings. The van der Waals surface area contributed by atoms with Gasteiger partial charge in [0.2, 0.25) is 0 Å². The van der Waals surface area contributed by atoms with E-state index in [-0.39, 0.29) is 11.8 Å². The summed E-state index contributed by atoms with van der Waals surface area (Å²) >= 11 is 0. The molecule has 0 spiro atoms. The maximum atomic E-state index is 14.8. The van der Waals surface area contributed by atoms with E-state index in [1.807, 2.05) is 18.2 Å². The minimum Gasteiger partial charge on any atom is -0.330 e. The minimum absolute atomic E-state index is 0.0776. The monoisotopic (exact) mass is 249 g/mol. The molecular formula is C16H24FN. The van der Waals surface area contributed by atoms with Crippen LogP contribution >= 0.6 is 0 Å². The first-order valence-electron chi connectivity index (χ1n) is 7.08. The SMILES string of the molecule is CC(C)C(CN)C(F)c1ccccc1C1CCC1. The Morgan fingerprint density at radius 1 is 1.28 bits per heavy atom. The highest BCUT2D eigenvalue weighted by Gasteiger charge is 2.29. The van der Waals surface area contributed by atoms with Gasteiger partial charge in [0.05, 0.1) is 0 Å². The van der Waals surface area contributed by atoms with E-state index in [4.69, 9.17) is 5.73 Å². The van der Waals surface area contributed by atoms with Gasteiger partial charge in [-0.1, -0.05) is 44.5 Å². The van der Waals surface area contributed by atoms with Crippen molar-refractivity contribution >= 4 is 0 Å². The second-order valence-corrected chi connectivity index (χ2v) is 5.80. The van der Waals surface area contributed by atoms with Gasteiger partial charge in [-0.15, -0.1) is 0 Å². The molecule has 1 aliphatic rings. The van der Waals surface area contributed by atoms with Crippen molar-refractivity contribution in [3.05, 3.63) is 35.4 Å². The highest BCUT2D eigenvalue weighted by Crippen LogP contribution is 2.42. The molecule has 2 atom stereocenters. The predicted molar refractivity (Wildman–Crippen MR) is 74.3 cm³/mol. The summed E-state index contributed by atoms with van der Waals surface area (Å²) in [6.45, 7) is 4.52. The Bertz CT molecular complexity index is 384. The normalized spacial score (nSPS) is 19.6. The van der Waals surface area contributed by atoms with Gasteiger partial charge in [0, 0.05) is 5.92 Å². The lowest BCUT2D eigenvalue weighted by Gasteiger charge is -2.31. The number of hydrogen-bond acceptors (Lipinski definition) is 1. The average Bonchev–Trinajstić information content (AvgIpc) is 2.27. The molecular weight excluding hydrogens is 225 g/mol. The van der Waals surface area contributed by atoms with E-state index < -0.39 is 6.17 Å². The van der Waals surface area contributed by atoms with Crippen LogP contribution in [0.4, 0.5) is 4.39 Å². The maximum Gasteiger partial charge on any atom is 0.130 e. The summed E-state index contributed by atoms with van der Waals surface area (Å²) in [5.41, 5.74) is 7.84. The lowest BCUT2D eigenvalue weighted by molar-refractivity contribution is 0.186. The first-order valence-corrected chi connectivity index (χ1v) is 7.08. The van der Waals surface area contributed by atoms with Gasteiger partial charge >= 0.3 is 0 Å². The number of alkyl halides is 1. The van der Waals surface area contributed by atoms with E-state index in [0.29, 0.717) is 12.5 Å². The van der Waals surface area contributed by atoms with Crippen molar-refractivity contribution in [2.45, 2.75) is 45.2 Å². The fraction of sp³-hybridized carbons (Fsp3) is 0.625. The van der Waals surface area contributed by atoms with Crippen LogP contribution in [0.2, 0.25) is 0 Å². The summed E-state index contributed by atoms with van der Waals surface area (Å²) in [5.74, 6) is 0.774. The molecule has 0 amide bonds. The molecule has 1 saturated carbocycles. The summed E-state index contributed by atoms with van der Waals surface area (Å²) in [4.78, 5) is 0. The fourth-order valence-corrected chi connectivity index (χ4v) is 2.81. The third-order valence-corrected chi connectivity index (χ3v) is 4.34. The quantitative estimate of drug-likeness (QED) is 0.831. The van der Waals surface area contributed by atoms with Crippen LogP contribution in [0.1, 0.15) is 56.3 Å². The second-order valence-electron chi connectivity index (χ2n) is 5.80. The summed E-state index contributed by atoms with van der Waals surface area (Å²) in [7, 11) is 0. The van der Waals surface area contributed by atoms with Crippen LogP contribution in [0.25, 0.3) is 0 Å². The molecule has 0 saturated heterocycles. The molecule has 0 aliphatic heterocycles. The number of hydrogen-bond donors (Lipinski definition) is 1. The first kappa shape index (κ1) is 13.5. The number of halogens is 1. The third-order valence-electron chi connectivity index (χ3n) is 4.34. The van der Waals surface area contributed by atoms with Crippen LogP contribution in [0.5, 0.6) is 0 Å². The largest absolute Gasteiger partial charge is 0.330 e. The van der Waals surface area contributed by atoms with E-state index in [1.54, 1.807) is 0 Å². The van der Waals surface area contributed by atoms with E-state index in [2.05, 4.69) is 19.9 Å². The molecule has 0 radical (unpaired) electrons. The minimum atomic E-state index is -0.924. The number of benzene rings is 1. The van der Waals surface area contributed by atoms with Crippen LogP contribution in [0.3, 0.4) is 0 Å². The molecule has 2 rings (SSSR count). The molecule has 100 valence electrons. The van der Waals surface area contributed by atoms with Crippen molar-refractivity contribution < 1.29 is 4.39 Å². The topological polar surface area (TPSA) is 26.0 Å². The predicted octanol–water partition coefficient (Wildman–Crippen LogP) is 4.20.